The number of nitrogens with zero attached hydrogens (tertiary/aromatic N) is 2. The maximum absolute atomic E-state index is 11.1. The summed E-state index contributed by atoms with van der Waals surface area (Å²) in [4.78, 5) is 19.2. The fourth-order valence-electron chi connectivity index (χ4n) is 1.41. The highest BCUT2D eigenvalue weighted by molar-refractivity contribution is 9.10. The van der Waals surface area contributed by atoms with Gasteiger partial charge in [-0.15, -0.1) is 0 Å². The van der Waals surface area contributed by atoms with Crippen molar-refractivity contribution in [3.8, 4) is 5.88 Å². The molecule has 1 aromatic rings. The van der Waals surface area contributed by atoms with E-state index in [0.29, 0.717) is 16.8 Å². The predicted octanol–water partition coefficient (Wildman–Crippen LogP) is 2.16. The van der Waals surface area contributed by atoms with Crippen LogP contribution in [0.3, 0.4) is 0 Å². The lowest BCUT2D eigenvalue weighted by Gasteiger charge is -2.16. The molecular weight excluding hydrogens is 302 g/mol. The molecule has 1 heterocycles. The van der Waals surface area contributed by atoms with E-state index in [2.05, 4.69) is 31.2 Å². The molecule has 0 aromatic carbocycles. The van der Waals surface area contributed by atoms with Gasteiger partial charge in [0.05, 0.1) is 17.8 Å². The van der Waals surface area contributed by atoms with Crippen LogP contribution in [-0.2, 0) is 4.79 Å². The first-order valence-electron chi connectivity index (χ1n) is 5.50. The molecule has 0 unspecified atom stereocenters. The van der Waals surface area contributed by atoms with Crippen molar-refractivity contribution in [2.45, 2.75) is 26.3 Å². The van der Waals surface area contributed by atoms with E-state index in [-0.39, 0.29) is 11.9 Å². The minimum atomic E-state index is -0.922. The van der Waals surface area contributed by atoms with E-state index in [1.807, 2.05) is 13.8 Å². The van der Waals surface area contributed by atoms with Crippen molar-refractivity contribution in [3.05, 3.63) is 10.7 Å². The monoisotopic (exact) mass is 317 g/mol. The molecule has 0 amide bonds. The van der Waals surface area contributed by atoms with Gasteiger partial charge in [0.1, 0.15) is 6.04 Å². The third kappa shape index (κ3) is 4.14. The summed E-state index contributed by atoms with van der Waals surface area (Å²) in [5, 5.41) is 11.9. The number of anilines is 1. The van der Waals surface area contributed by atoms with Crippen LogP contribution in [0.1, 0.15) is 20.3 Å². The summed E-state index contributed by atoms with van der Waals surface area (Å²) in [6, 6.07) is -0.712. The molecule has 0 bridgehead atoms. The molecule has 0 radical (unpaired) electrons. The Labute approximate surface area is 114 Å². The maximum atomic E-state index is 11.1. The van der Waals surface area contributed by atoms with Crippen molar-refractivity contribution in [2.75, 3.05) is 12.4 Å². The first-order valence-corrected chi connectivity index (χ1v) is 6.29. The van der Waals surface area contributed by atoms with Crippen molar-refractivity contribution < 1.29 is 14.6 Å². The molecule has 0 aliphatic carbocycles. The average molecular weight is 318 g/mol. The van der Waals surface area contributed by atoms with Crippen LogP contribution in [0.5, 0.6) is 5.88 Å². The summed E-state index contributed by atoms with van der Waals surface area (Å²) >= 11 is 3.23. The lowest BCUT2D eigenvalue weighted by Crippen LogP contribution is -2.31. The number of rotatable bonds is 6. The van der Waals surface area contributed by atoms with Crippen molar-refractivity contribution >= 4 is 27.8 Å². The van der Waals surface area contributed by atoms with Crippen LogP contribution in [-0.4, -0.2) is 34.2 Å². The zero-order valence-electron chi connectivity index (χ0n) is 10.5. The maximum Gasteiger partial charge on any atom is 0.326 e. The molecule has 1 rings (SSSR count). The largest absolute Gasteiger partial charge is 0.480 e. The SMILES string of the molecule is COc1nc(N[C@H](CC(C)C)C(=O)O)ncc1Br. The normalized spacial score (nSPS) is 12.3. The Morgan fingerprint density at radius 1 is 1.61 bits per heavy atom. The van der Waals surface area contributed by atoms with Crippen LogP contribution in [0.15, 0.2) is 10.7 Å². The van der Waals surface area contributed by atoms with Gasteiger partial charge in [-0.1, -0.05) is 13.8 Å². The summed E-state index contributed by atoms with van der Waals surface area (Å²) in [6.07, 6.45) is 2.01. The van der Waals surface area contributed by atoms with Crippen molar-refractivity contribution in [1.29, 1.82) is 0 Å². The summed E-state index contributed by atoms with van der Waals surface area (Å²) in [5.41, 5.74) is 0. The molecule has 0 saturated heterocycles. The number of hydrogen-bond donors (Lipinski definition) is 2. The van der Waals surface area contributed by atoms with Crippen molar-refractivity contribution in [2.24, 2.45) is 5.92 Å². The third-order valence-corrected chi connectivity index (χ3v) is 2.76. The molecule has 100 valence electrons. The van der Waals surface area contributed by atoms with Gasteiger partial charge in [-0.25, -0.2) is 9.78 Å². The highest BCUT2D eigenvalue weighted by Crippen LogP contribution is 2.22. The van der Waals surface area contributed by atoms with Crippen LogP contribution >= 0.6 is 15.9 Å². The van der Waals surface area contributed by atoms with Crippen molar-refractivity contribution in [1.82, 2.24) is 9.97 Å². The summed E-state index contributed by atoms with van der Waals surface area (Å²) < 4.78 is 5.64. The standard InChI is InChI=1S/C11H16BrN3O3/c1-6(2)4-8(10(16)17)14-11-13-5-7(12)9(15-11)18-3/h5-6,8H,4H2,1-3H3,(H,16,17)(H,13,14,15)/t8-/m1/s1. The lowest BCUT2D eigenvalue weighted by molar-refractivity contribution is -0.138. The minimum Gasteiger partial charge on any atom is -0.480 e. The Kier molecular flexibility index (Phi) is 5.33. The Morgan fingerprint density at radius 3 is 2.78 bits per heavy atom. The molecule has 18 heavy (non-hydrogen) atoms. The molecule has 7 heteroatoms. The van der Waals surface area contributed by atoms with Gasteiger partial charge in [-0.3, -0.25) is 0 Å². The van der Waals surface area contributed by atoms with E-state index in [1.165, 1.54) is 13.3 Å². The van der Waals surface area contributed by atoms with Gasteiger partial charge in [0, 0.05) is 0 Å². The van der Waals surface area contributed by atoms with E-state index in [4.69, 9.17) is 9.84 Å². The molecule has 2 N–H and O–H groups in total. The number of aliphatic carboxylic acids is 1. The second-order valence-corrected chi connectivity index (χ2v) is 5.07. The van der Waals surface area contributed by atoms with Gasteiger partial charge in [-0.05, 0) is 28.3 Å². The molecule has 6 nitrogen and oxygen atoms in total. The number of carboxylic acids is 1. The number of carboxylic acid groups (broad SMARTS) is 1. The highest BCUT2D eigenvalue weighted by atomic mass is 79.9. The predicted molar refractivity (Wildman–Crippen MR) is 70.8 cm³/mol. The lowest BCUT2D eigenvalue weighted by atomic mass is 10.0. The van der Waals surface area contributed by atoms with Gasteiger partial charge in [0.15, 0.2) is 0 Å². The third-order valence-electron chi connectivity index (χ3n) is 2.21. The Morgan fingerprint density at radius 2 is 2.28 bits per heavy atom. The first kappa shape index (κ1) is 14.7. The zero-order chi connectivity index (χ0) is 13.7. The van der Waals surface area contributed by atoms with Crippen LogP contribution < -0.4 is 10.1 Å². The molecule has 0 aliphatic heterocycles. The Bertz CT molecular complexity index is 426. The molecule has 0 aliphatic rings. The quantitative estimate of drug-likeness (QED) is 0.836. The van der Waals surface area contributed by atoms with E-state index in [1.54, 1.807) is 0 Å². The second kappa shape index (κ2) is 6.53. The highest BCUT2D eigenvalue weighted by Gasteiger charge is 2.20. The summed E-state index contributed by atoms with van der Waals surface area (Å²) in [5.74, 6) is -0.0607. The Balaban J connectivity index is 2.83. The summed E-state index contributed by atoms with van der Waals surface area (Å²) in [7, 11) is 1.49. The van der Waals surface area contributed by atoms with Crippen LogP contribution in [0.4, 0.5) is 5.95 Å². The fourth-order valence-corrected chi connectivity index (χ4v) is 1.77. The minimum absolute atomic E-state index is 0.239. The average Bonchev–Trinajstić information content (AvgIpc) is 2.29. The number of hydrogen-bond acceptors (Lipinski definition) is 5. The van der Waals surface area contributed by atoms with E-state index < -0.39 is 12.0 Å². The van der Waals surface area contributed by atoms with Crippen LogP contribution in [0, 0.1) is 5.92 Å². The van der Waals surface area contributed by atoms with Crippen LogP contribution in [0.2, 0.25) is 0 Å². The molecule has 1 aromatic heterocycles. The smallest absolute Gasteiger partial charge is 0.326 e. The number of carbonyl (C=O) groups is 1. The van der Waals surface area contributed by atoms with E-state index in [0.717, 1.165) is 0 Å². The van der Waals surface area contributed by atoms with Gasteiger partial charge in [0.2, 0.25) is 11.8 Å². The van der Waals surface area contributed by atoms with Gasteiger partial charge in [0.25, 0.3) is 0 Å². The van der Waals surface area contributed by atoms with E-state index in [9.17, 15) is 4.79 Å². The number of halogens is 1. The molecule has 1 atom stereocenters. The topological polar surface area (TPSA) is 84.3 Å². The number of nitrogens with one attached hydrogen (secondary N) is 1. The second-order valence-electron chi connectivity index (χ2n) is 4.22. The summed E-state index contributed by atoms with van der Waals surface area (Å²) in [6.45, 7) is 3.92. The van der Waals surface area contributed by atoms with Crippen LogP contribution in [0.25, 0.3) is 0 Å². The number of methoxy groups -OCH3 is 1. The number of aromatic nitrogens is 2. The zero-order valence-corrected chi connectivity index (χ0v) is 12.1. The van der Waals surface area contributed by atoms with E-state index >= 15 is 0 Å². The molecular formula is C11H16BrN3O3. The Hall–Kier alpha value is -1.37. The van der Waals surface area contributed by atoms with Gasteiger partial charge >= 0.3 is 5.97 Å². The fraction of sp³-hybridized carbons (Fsp3) is 0.545. The molecule has 0 fully saturated rings. The molecule has 0 spiro atoms. The van der Waals surface area contributed by atoms with Gasteiger partial charge in [-0.2, -0.15) is 4.98 Å². The first-order chi connectivity index (χ1) is 8.43. The molecule has 0 saturated carbocycles. The van der Waals surface area contributed by atoms with Gasteiger partial charge < -0.3 is 15.2 Å². The van der Waals surface area contributed by atoms with Crippen molar-refractivity contribution in [3.63, 3.8) is 0 Å². The number of ether oxygens (including phenoxy) is 1.